The van der Waals surface area contributed by atoms with Crippen molar-refractivity contribution in [3.05, 3.63) is 65.2 Å². The molecule has 2 rings (SSSR count). The van der Waals surface area contributed by atoms with Gasteiger partial charge in [-0.25, -0.2) is 0 Å². The van der Waals surface area contributed by atoms with Crippen LogP contribution in [0.2, 0.25) is 0 Å². The maximum atomic E-state index is 12.1. The first-order chi connectivity index (χ1) is 11.2. The molecule has 2 aromatic carbocycles. The zero-order chi connectivity index (χ0) is 16.5. The van der Waals surface area contributed by atoms with E-state index in [1.807, 2.05) is 31.2 Å². The topological polar surface area (TPSA) is 38.3 Å². The lowest BCUT2D eigenvalue weighted by Crippen LogP contribution is -2.15. The number of benzene rings is 2. The molecule has 0 saturated heterocycles. The number of nitrogens with one attached hydrogen (secondary N) is 1. The summed E-state index contributed by atoms with van der Waals surface area (Å²) < 4.78 is 5.44. The van der Waals surface area contributed by atoms with Crippen LogP contribution in [0.15, 0.2) is 48.5 Å². The van der Waals surface area contributed by atoms with E-state index >= 15 is 0 Å². The predicted molar refractivity (Wildman–Crippen MR) is 97.7 cm³/mol. The van der Waals surface area contributed by atoms with E-state index in [1.54, 1.807) is 11.8 Å². The van der Waals surface area contributed by atoms with Gasteiger partial charge in [0.1, 0.15) is 0 Å². The van der Waals surface area contributed by atoms with Crippen molar-refractivity contribution in [2.45, 2.75) is 26.2 Å². The first kappa shape index (κ1) is 17.6. The molecule has 23 heavy (non-hydrogen) atoms. The van der Waals surface area contributed by atoms with Gasteiger partial charge in [-0.05, 0) is 25.5 Å². The molecule has 0 heterocycles. The van der Waals surface area contributed by atoms with Crippen LogP contribution in [0.3, 0.4) is 0 Å². The molecule has 1 N–H and O–H groups in total. The van der Waals surface area contributed by atoms with Gasteiger partial charge in [0.2, 0.25) is 5.91 Å². The van der Waals surface area contributed by atoms with Gasteiger partial charge in [-0.3, -0.25) is 4.79 Å². The summed E-state index contributed by atoms with van der Waals surface area (Å²) >= 11 is 1.62. The van der Waals surface area contributed by atoms with E-state index in [0.29, 0.717) is 19.0 Å². The molecule has 4 heteroatoms. The molecule has 0 unspecified atom stereocenters. The van der Waals surface area contributed by atoms with E-state index in [4.69, 9.17) is 4.74 Å². The van der Waals surface area contributed by atoms with Crippen LogP contribution in [0.25, 0.3) is 0 Å². The normalized spacial score (nSPS) is 10.5. The first-order valence-corrected chi connectivity index (χ1v) is 8.93. The number of rotatable bonds is 8. The second-order valence-electron chi connectivity index (χ2n) is 5.32. The molecular formula is C19H23NO2S. The number of hydrogen-bond acceptors (Lipinski definition) is 3. The third-order valence-electron chi connectivity index (χ3n) is 3.34. The van der Waals surface area contributed by atoms with E-state index in [0.717, 1.165) is 17.0 Å². The number of thioether (sulfide) groups is 1. The summed E-state index contributed by atoms with van der Waals surface area (Å²) in [7, 11) is 0. The van der Waals surface area contributed by atoms with Crippen LogP contribution in [0.5, 0.6) is 0 Å². The highest BCUT2D eigenvalue weighted by Gasteiger charge is 2.07. The Morgan fingerprint density at radius 1 is 1.17 bits per heavy atom. The summed E-state index contributed by atoms with van der Waals surface area (Å²) in [6.07, 6.45) is 0. The minimum Gasteiger partial charge on any atom is -0.377 e. The Labute approximate surface area is 142 Å². The van der Waals surface area contributed by atoms with Gasteiger partial charge in [0.25, 0.3) is 0 Å². The zero-order valence-electron chi connectivity index (χ0n) is 13.7. The SMILES string of the molecule is CCOCc1ccccc1NC(=O)CSCc1cccc(C)c1. The Bertz CT molecular complexity index is 643. The second kappa shape index (κ2) is 9.38. The highest BCUT2D eigenvalue weighted by atomic mass is 32.2. The Morgan fingerprint density at radius 2 is 2.00 bits per heavy atom. The zero-order valence-corrected chi connectivity index (χ0v) is 14.5. The van der Waals surface area contributed by atoms with Gasteiger partial charge in [-0.2, -0.15) is 0 Å². The molecule has 3 nitrogen and oxygen atoms in total. The van der Waals surface area contributed by atoms with Crippen LogP contribution >= 0.6 is 11.8 Å². The summed E-state index contributed by atoms with van der Waals surface area (Å²) in [5.74, 6) is 1.30. The standard InChI is InChI=1S/C19H23NO2S/c1-3-22-12-17-9-4-5-10-18(17)20-19(21)14-23-13-16-8-6-7-15(2)11-16/h4-11H,3,12-14H2,1-2H3,(H,20,21). The number of aryl methyl sites for hydroxylation is 1. The third-order valence-corrected chi connectivity index (χ3v) is 4.34. The molecular weight excluding hydrogens is 306 g/mol. The molecule has 0 aliphatic heterocycles. The van der Waals surface area contributed by atoms with Gasteiger partial charge in [0.15, 0.2) is 0 Å². The van der Waals surface area contributed by atoms with Crippen molar-refractivity contribution in [2.24, 2.45) is 0 Å². The lowest BCUT2D eigenvalue weighted by molar-refractivity contribution is -0.113. The third kappa shape index (κ3) is 6.08. The fraction of sp³-hybridized carbons (Fsp3) is 0.316. The summed E-state index contributed by atoms with van der Waals surface area (Å²) in [6, 6.07) is 16.1. The van der Waals surface area contributed by atoms with E-state index < -0.39 is 0 Å². The van der Waals surface area contributed by atoms with Gasteiger partial charge in [-0.15, -0.1) is 11.8 Å². The summed E-state index contributed by atoms with van der Waals surface area (Å²) in [6.45, 7) is 5.22. The number of hydrogen-bond donors (Lipinski definition) is 1. The second-order valence-corrected chi connectivity index (χ2v) is 6.31. The number of para-hydroxylation sites is 1. The van der Waals surface area contributed by atoms with Crippen molar-refractivity contribution in [1.29, 1.82) is 0 Å². The van der Waals surface area contributed by atoms with Crippen LogP contribution in [0.4, 0.5) is 5.69 Å². The van der Waals surface area contributed by atoms with Crippen LogP contribution in [0.1, 0.15) is 23.6 Å². The number of carbonyl (C=O) groups is 1. The molecule has 0 radical (unpaired) electrons. The van der Waals surface area contributed by atoms with Crippen molar-refractivity contribution < 1.29 is 9.53 Å². The van der Waals surface area contributed by atoms with Gasteiger partial charge >= 0.3 is 0 Å². The molecule has 0 atom stereocenters. The monoisotopic (exact) mass is 329 g/mol. The van der Waals surface area contributed by atoms with Crippen molar-refractivity contribution in [1.82, 2.24) is 0 Å². The van der Waals surface area contributed by atoms with Gasteiger partial charge in [-0.1, -0.05) is 48.0 Å². The predicted octanol–water partition coefficient (Wildman–Crippen LogP) is 4.40. The summed E-state index contributed by atoms with van der Waals surface area (Å²) in [5.41, 5.74) is 4.34. The molecule has 0 aliphatic carbocycles. The quantitative estimate of drug-likeness (QED) is 0.780. The number of ether oxygens (including phenoxy) is 1. The van der Waals surface area contributed by atoms with Crippen LogP contribution in [0, 0.1) is 6.92 Å². The average molecular weight is 329 g/mol. The molecule has 1 amide bonds. The molecule has 0 bridgehead atoms. The maximum Gasteiger partial charge on any atom is 0.234 e. The van der Waals surface area contributed by atoms with Gasteiger partial charge in [0.05, 0.1) is 12.4 Å². The Morgan fingerprint density at radius 3 is 2.78 bits per heavy atom. The minimum absolute atomic E-state index is 0.0200. The first-order valence-electron chi connectivity index (χ1n) is 7.78. The highest BCUT2D eigenvalue weighted by Crippen LogP contribution is 2.18. The van der Waals surface area contributed by atoms with Crippen LogP contribution < -0.4 is 5.32 Å². The fourth-order valence-corrected chi connectivity index (χ4v) is 3.00. The van der Waals surface area contributed by atoms with Crippen molar-refractivity contribution >= 4 is 23.4 Å². The maximum absolute atomic E-state index is 12.1. The Balaban J connectivity index is 1.83. The molecule has 122 valence electrons. The van der Waals surface area contributed by atoms with E-state index in [1.165, 1.54) is 11.1 Å². The lowest BCUT2D eigenvalue weighted by Gasteiger charge is -2.11. The van der Waals surface area contributed by atoms with Crippen LogP contribution in [-0.4, -0.2) is 18.3 Å². The largest absolute Gasteiger partial charge is 0.377 e. The molecule has 0 aromatic heterocycles. The smallest absolute Gasteiger partial charge is 0.234 e. The molecule has 0 spiro atoms. The number of amides is 1. The average Bonchev–Trinajstić information content (AvgIpc) is 2.54. The Hall–Kier alpha value is -1.78. The number of carbonyl (C=O) groups excluding carboxylic acids is 1. The minimum atomic E-state index is 0.0200. The summed E-state index contributed by atoms with van der Waals surface area (Å²) in [4.78, 5) is 12.1. The van der Waals surface area contributed by atoms with Crippen molar-refractivity contribution in [3.63, 3.8) is 0 Å². The van der Waals surface area contributed by atoms with Crippen molar-refractivity contribution in [3.8, 4) is 0 Å². The van der Waals surface area contributed by atoms with E-state index in [9.17, 15) is 4.79 Å². The van der Waals surface area contributed by atoms with Crippen LogP contribution in [-0.2, 0) is 21.9 Å². The van der Waals surface area contributed by atoms with Crippen molar-refractivity contribution in [2.75, 3.05) is 17.7 Å². The number of anilines is 1. The highest BCUT2D eigenvalue weighted by molar-refractivity contribution is 7.99. The molecule has 0 aliphatic rings. The summed E-state index contributed by atoms with van der Waals surface area (Å²) in [5, 5.41) is 2.98. The fourth-order valence-electron chi connectivity index (χ4n) is 2.23. The van der Waals surface area contributed by atoms with Gasteiger partial charge < -0.3 is 10.1 Å². The lowest BCUT2D eigenvalue weighted by atomic mass is 10.2. The molecule has 0 saturated carbocycles. The van der Waals surface area contributed by atoms with E-state index in [-0.39, 0.29) is 5.91 Å². The van der Waals surface area contributed by atoms with Gasteiger partial charge in [0, 0.05) is 23.6 Å². The van der Waals surface area contributed by atoms with E-state index in [2.05, 4.69) is 36.5 Å². The molecule has 2 aromatic rings. The Kier molecular flexibility index (Phi) is 7.17. The molecule has 0 fully saturated rings.